The zero-order valence-corrected chi connectivity index (χ0v) is 19.4. The Morgan fingerprint density at radius 1 is 1.06 bits per heavy atom. The molecule has 0 saturated carbocycles. The molecule has 0 aromatic carbocycles. The number of hydrogen-bond donors (Lipinski definition) is 6. The highest BCUT2D eigenvalue weighted by Gasteiger charge is 2.39. The van der Waals surface area contributed by atoms with Crippen LogP contribution >= 0.6 is 0 Å². The number of likely N-dealkylation sites (tertiary alicyclic amines) is 1. The first kappa shape index (κ1) is 28.3. The van der Waals surface area contributed by atoms with E-state index >= 15 is 0 Å². The molecule has 0 radical (unpaired) electrons. The lowest BCUT2D eigenvalue weighted by Gasteiger charge is -2.30. The van der Waals surface area contributed by atoms with Crippen molar-refractivity contribution in [3.63, 3.8) is 0 Å². The summed E-state index contributed by atoms with van der Waals surface area (Å²) in [5.41, 5.74) is 16.4. The number of nitrogens with two attached hydrogens (primary N) is 3. The standard InChI is InChI=1S/C21H38N6O6/c1-12(2)17(20(31)27-11-5-7-15(27)21(32)33)26-19(30)14(6-3-4-10-22)25-18(29)13(23)8-9-16(24)28/h12-15,17H,3-11,22-23H2,1-2H3,(H2,24,28)(H,25,29)(H,26,30)(H,32,33). The van der Waals surface area contributed by atoms with Crippen LogP contribution in [-0.2, 0) is 24.0 Å². The first-order chi connectivity index (χ1) is 15.5. The van der Waals surface area contributed by atoms with Gasteiger partial charge >= 0.3 is 5.97 Å². The molecular weight excluding hydrogens is 432 g/mol. The molecule has 0 aromatic rings. The maximum Gasteiger partial charge on any atom is 0.326 e. The first-order valence-electron chi connectivity index (χ1n) is 11.4. The zero-order chi connectivity index (χ0) is 25.1. The van der Waals surface area contributed by atoms with Gasteiger partial charge in [-0.15, -0.1) is 0 Å². The van der Waals surface area contributed by atoms with Crippen LogP contribution in [0.1, 0.15) is 58.8 Å². The van der Waals surface area contributed by atoms with Crippen LogP contribution in [0.3, 0.4) is 0 Å². The average Bonchev–Trinajstić information content (AvgIpc) is 3.24. The highest BCUT2D eigenvalue weighted by atomic mass is 16.4. The van der Waals surface area contributed by atoms with Gasteiger partial charge in [0.25, 0.3) is 0 Å². The van der Waals surface area contributed by atoms with Crippen LogP contribution in [0, 0.1) is 5.92 Å². The molecule has 4 amide bonds. The number of unbranched alkanes of at least 4 members (excludes halogenated alkanes) is 1. The topological polar surface area (TPSA) is 211 Å². The van der Waals surface area contributed by atoms with Crippen LogP contribution in [0.4, 0.5) is 0 Å². The van der Waals surface area contributed by atoms with Crippen molar-refractivity contribution < 1.29 is 29.1 Å². The third kappa shape index (κ3) is 8.97. The van der Waals surface area contributed by atoms with Crippen molar-refractivity contribution in [2.45, 2.75) is 83.0 Å². The number of carbonyl (C=O) groups is 5. The molecule has 1 aliphatic rings. The number of aliphatic carboxylic acids is 1. The Morgan fingerprint density at radius 3 is 2.27 bits per heavy atom. The van der Waals surface area contributed by atoms with Gasteiger partial charge in [0.15, 0.2) is 0 Å². The molecule has 0 spiro atoms. The SMILES string of the molecule is CC(C)C(NC(=O)C(CCCCN)NC(=O)C(N)CCC(N)=O)C(=O)N1CCCC1C(=O)O. The van der Waals surface area contributed by atoms with Gasteiger partial charge in [-0.05, 0) is 51.0 Å². The van der Waals surface area contributed by atoms with Gasteiger partial charge in [0.1, 0.15) is 18.1 Å². The van der Waals surface area contributed by atoms with Gasteiger partial charge < -0.3 is 37.8 Å². The van der Waals surface area contributed by atoms with E-state index in [4.69, 9.17) is 17.2 Å². The Labute approximate surface area is 194 Å². The molecule has 33 heavy (non-hydrogen) atoms. The van der Waals surface area contributed by atoms with E-state index in [1.807, 2.05) is 0 Å². The molecule has 1 saturated heterocycles. The minimum Gasteiger partial charge on any atom is -0.480 e. The van der Waals surface area contributed by atoms with Crippen molar-refractivity contribution in [2.24, 2.45) is 23.1 Å². The Hall–Kier alpha value is -2.73. The second kappa shape index (κ2) is 13.7. The van der Waals surface area contributed by atoms with Crippen molar-refractivity contribution >= 4 is 29.6 Å². The Bertz CT molecular complexity index is 715. The zero-order valence-electron chi connectivity index (χ0n) is 19.4. The summed E-state index contributed by atoms with van der Waals surface area (Å²) in [6.07, 6.45) is 2.37. The summed E-state index contributed by atoms with van der Waals surface area (Å²) in [4.78, 5) is 62.3. The molecule has 0 aromatic heterocycles. The lowest BCUT2D eigenvalue weighted by Crippen LogP contribution is -2.58. The number of amides is 4. The third-order valence-electron chi connectivity index (χ3n) is 5.67. The number of nitrogens with one attached hydrogen (secondary N) is 2. The van der Waals surface area contributed by atoms with Gasteiger partial charge in [-0.25, -0.2) is 4.79 Å². The molecule has 1 heterocycles. The van der Waals surface area contributed by atoms with E-state index in [2.05, 4.69) is 10.6 Å². The normalized spacial score (nSPS) is 18.5. The number of rotatable bonds is 14. The van der Waals surface area contributed by atoms with Crippen molar-refractivity contribution in [2.75, 3.05) is 13.1 Å². The van der Waals surface area contributed by atoms with Crippen LogP contribution < -0.4 is 27.8 Å². The Balaban J connectivity index is 2.92. The molecule has 9 N–H and O–H groups in total. The van der Waals surface area contributed by atoms with Gasteiger partial charge in [-0.2, -0.15) is 0 Å². The minimum atomic E-state index is -1.08. The Kier molecular flexibility index (Phi) is 11.8. The third-order valence-corrected chi connectivity index (χ3v) is 5.67. The van der Waals surface area contributed by atoms with Gasteiger partial charge in [0.2, 0.25) is 23.6 Å². The Morgan fingerprint density at radius 2 is 1.73 bits per heavy atom. The van der Waals surface area contributed by atoms with Crippen LogP contribution in [-0.4, -0.2) is 76.9 Å². The lowest BCUT2D eigenvalue weighted by atomic mass is 10.0. The van der Waals surface area contributed by atoms with E-state index < -0.39 is 53.8 Å². The van der Waals surface area contributed by atoms with Crippen LogP contribution in [0.15, 0.2) is 0 Å². The maximum absolute atomic E-state index is 13.1. The monoisotopic (exact) mass is 470 g/mol. The average molecular weight is 471 g/mol. The largest absolute Gasteiger partial charge is 0.480 e. The van der Waals surface area contributed by atoms with Crippen molar-refractivity contribution in [1.82, 2.24) is 15.5 Å². The lowest BCUT2D eigenvalue weighted by molar-refractivity contribution is -0.150. The fourth-order valence-electron chi connectivity index (χ4n) is 3.70. The van der Waals surface area contributed by atoms with Gasteiger partial charge in [0.05, 0.1) is 6.04 Å². The fraction of sp³-hybridized carbons (Fsp3) is 0.762. The predicted molar refractivity (Wildman–Crippen MR) is 120 cm³/mol. The molecular formula is C21H38N6O6. The van der Waals surface area contributed by atoms with E-state index in [0.717, 1.165) is 0 Å². The molecule has 1 rings (SSSR count). The number of carboxylic acids is 1. The summed E-state index contributed by atoms with van der Waals surface area (Å²) in [5.74, 6) is -3.62. The molecule has 4 unspecified atom stereocenters. The van der Waals surface area contributed by atoms with Crippen molar-refractivity contribution in [1.29, 1.82) is 0 Å². The van der Waals surface area contributed by atoms with Gasteiger partial charge in [-0.3, -0.25) is 19.2 Å². The maximum atomic E-state index is 13.1. The van der Waals surface area contributed by atoms with E-state index in [1.54, 1.807) is 13.8 Å². The summed E-state index contributed by atoms with van der Waals surface area (Å²) >= 11 is 0. The van der Waals surface area contributed by atoms with E-state index in [0.29, 0.717) is 38.8 Å². The summed E-state index contributed by atoms with van der Waals surface area (Å²) in [7, 11) is 0. The quantitative estimate of drug-likeness (QED) is 0.162. The van der Waals surface area contributed by atoms with E-state index in [9.17, 15) is 29.1 Å². The summed E-state index contributed by atoms with van der Waals surface area (Å²) in [5, 5.41) is 14.7. The van der Waals surface area contributed by atoms with Crippen LogP contribution in [0.5, 0.6) is 0 Å². The molecule has 0 bridgehead atoms. The second-order valence-electron chi connectivity index (χ2n) is 8.72. The molecule has 1 aliphatic heterocycles. The van der Waals surface area contributed by atoms with Crippen molar-refractivity contribution in [3.05, 3.63) is 0 Å². The van der Waals surface area contributed by atoms with Crippen molar-refractivity contribution in [3.8, 4) is 0 Å². The molecule has 188 valence electrons. The van der Waals surface area contributed by atoms with E-state index in [-0.39, 0.29) is 25.2 Å². The van der Waals surface area contributed by atoms with Gasteiger partial charge in [0, 0.05) is 13.0 Å². The number of hydrogen-bond acceptors (Lipinski definition) is 7. The molecule has 0 aliphatic carbocycles. The number of nitrogens with zero attached hydrogens (tertiary/aromatic N) is 1. The summed E-state index contributed by atoms with van der Waals surface area (Å²) in [6.45, 7) is 4.21. The summed E-state index contributed by atoms with van der Waals surface area (Å²) < 4.78 is 0. The second-order valence-corrected chi connectivity index (χ2v) is 8.72. The fourth-order valence-corrected chi connectivity index (χ4v) is 3.70. The molecule has 12 heteroatoms. The van der Waals surface area contributed by atoms with Crippen LogP contribution in [0.2, 0.25) is 0 Å². The number of carboxylic acid groups (broad SMARTS) is 1. The van der Waals surface area contributed by atoms with Gasteiger partial charge in [-0.1, -0.05) is 13.8 Å². The summed E-state index contributed by atoms with van der Waals surface area (Å²) in [6, 6.07) is -3.86. The molecule has 4 atom stereocenters. The smallest absolute Gasteiger partial charge is 0.326 e. The minimum absolute atomic E-state index is 0.0386. The molecule has 12 nitrogen and oxygen atoms in total. The van der Waals surface area contributed by atoms with Crippen LogP contribution in [0.25, 0.3) is 0 Å². The highest BCUT2D eigenvalue weighted by Crippen LogP contribution is 2.20. The number of carbonyl (C=O) groups excluding carboxylic acids is 4. The first-order valence-corrected chi connectivity index (χ1v) is 11.4. The van der Waals surface area contributed by atoms with E-state index in [1.165, 1.54) is 4.90 Å². The predicted octanol–water partition coefficient (Wildman–Crippen LogP) is -1.59. The highest BCUT2D eigenvalue weighted by molar-refractivity contribution is 5.94. The number of primary amides is 1. The molecule has 1 fully saturated rings.